The second-order valence-corrected chi connectivity index (χ2v) is 5.08. The van der Waals surface area contributed by atoms with E-state index >= 15 is 0 Å². The Labute approximate surface area is 111 Å². The third-order valence-corrected chi connectivity index (χ3v) is 2.74. The lowest BCUT2D eigenvalue weighted by Crippen LogP contribution is -2.16. The molecule has 19 heavy (non-hydrogen) atoms. The van der Waals surface area contributed by atoms with Gasteiger partial charge in [0.1, 0.15) is 5.75 Å². The molecule has 0 fully saturated rings. The summed E-state index contributed by atoms with van der Waals surface area (Å²) in [6, 6.07) is 3.75. The second-order valence-electron chi connectivity index (χ2n) is 5.08. The van der Waals surface area contributed by atoms with Crippen LogP contribution < -0.4 is 10.5 Å². The number of benzene rings is 1. The number of nitrogens with two attached hydrogens (primary N) is 1. The smallest absolute Gasteiger partial charge is 0.416 e. The van der Waals surface area contributed by atoms with Gasteiger partial charge in [0.05, 0.1) is 11.7 Å². The molecule has 0 saturated heterocycles. The quantitative estimate of drug-likeness (QED) is 0.882. The molecule has 0 saturated carbocycles. The third-order valence-electron chi connectivity index (χ3n) is 2.74. The van der Waals surface area contributed by atoms with Gasteiger partial charge in [-0.15, -0.1) is 0 Å². The molecule has 0 aliphatic carbocycles. The van der Waals surface area contributed by atoms with Crippen molar-refractivity contribution in [2.24, 2.45) is 11.7 Å². The minimum atomic E-state index is -4.38. The van der Waals surface area contributed by atoms with Crippen LogP contribution in [0.25, 0.3) is 0 Å². The Morgan fingerprint density at radius 1 is 1.21 bits per heavy atom. The third kappa shape index (κ3) is 4.74. The first-order valence-electron chi connectivity index (χ1n) is 6.31. The Bertz CT molecular complexity index is 416. The van der Waals surface area contributed by atoms with Gasteiger partial charge in [-0.2, -0.15) is 13.2 Å². The number of alkyl halides is 3. The highest BCUT2D eigenvalue weighted by Gasteiger charge is 2.33. The number of hydrogen-bond donors (Lipinski definition) is 1. The number of rotatable bonds is 5. The van der Waals surface area contributed by atoms with Crippen molar-refractivity contribution in [2.45, 2.75) is 46.0 Å². The molecular weight excluding hydrogens is 255 g/mol. The molecule has 0 heterocycles. The highest BCUT2D eigenvalue weighted by molar-refractivity contribution is 5.37. The molecule has 0 radical (unpaired) electrons. The van der Waals surface area contributed by atoms with E-state index in [1.807, 2.05) is 6.92 Å². The Kier molecular flexibility index (Phi) is 5.23. The largest absolute Gasteiger partial charge is 0.491 e. The molecule has 0 amide bonds. The molecule has 1 aromatic rings. The van der Waals surface area contributed by atoms with Gasteiger partial charge in [-0.1, -0.05) is 13.8 Å². The van der Waals surface area contributed by atoms with Crippen molar-refractivity contribution in [3.63, 3.8) is 0 Å². The molecule has 0 aliphatic heterocycles. The first kappa shape index (κ1) is 15.8. The fourth-order valence-electron chi connectivity index (χ4n) is 2.03. The average molecular weight is 275 g/mol. The van der Waals surface area contributed by atoms with Gasteiger partial charge >= 0.3 is 6.18 Å². The Morgan fingerprint density at radius 3 is 2.32 bits per heavy atom. The SMILES string of the molecule is CC(C)CC(C)Oc1ccc(C(F)(F)F)c(CN)c1. The molecule has 0 aromatic heterocycles. The van der Waals surface area contributed by atoms with Crippen molar-refractivity contribution in [1.29, 1.82) is 0 Å². The summed E-state index contributed by atoms with van der Waals surface area (Å²) in [4.78, 5) is 0. The van der Waals surface area contributed by atoms with Gasteiger partial charge in [-0.05, 0) is 43.0 Å². The lowest BCUT2D eigenvalue weighted by Gasteiger charge is -2.18. The zero-order valence-corrected chi connectivity index (χ0v) is 11.4. The average Bonchev–Trinajstić information content (AvgIpc) is 2.25. The summed E-state index contributed by atoms with van der Waals surface area (Å²) in [6.45, 7) is 5.88. The monoisotopic (exact) mass is 275 g/mol. The first-order chi connectivity index (χ1) is 8.74. The van der Waals surface area contributed by atoms with E-state index in [0.717, 1.165) is 12.5 Å². The highest BCUT2D eigenvalue weighted by atomic mass is 19.4. The molecular formula is C14H20F3NO. The first-order valence-corrected chi connectivity index (χ1v) is 6.31. The summed E-state index contributed by atoms with van der Waals surface area (Å²) in [5, 5.41) is 0. The Hall–Kier alpha value is -1.23. The van der Waals surface area contributed by atoms with Crippen LogP contribution in [0.5, 0.6) is 5.75 Å². The van der Waals surface area contributed by atoms with E-state index in [2.05, 4.69) is 13.8 Å². The number of hydrogen-bond acceptors (Lipinski definition) is 2. The Balaban J connectivity index is 2.88. The molecule has 1 rings (SSSR count). The van der Waals surface area contributed by atoms with Crippen molar-refractivity contribution < 1.29 is 17.9 Å². The summed E-state index contributed by atoms with van der Waals surface area (Å²) in [7, 11) is 0. The predicted molar refractivity (Wildman–Crippen MR) is 68.9 cm³/mol. The molecule has 0 spiro atoms. The normalized spacial score (nSPS) is 13.7. The number of halogens is 3. The van der Waals surface area contributed by atoms with Gasteiger partial charge < -0.3 is 10.5 Å². The van der Waals surface area contributed by atoms with Crippen LogP contribution in [-0.4, -0.2) is 6.10 Å². The van der Waals surface area contributed by atoms with Crippen LogP contribution in [-0.2, 0) is 12.7 Å². The molecule has 0 bridgehead atoms. The summed E-state index contributed by atoms with van der Waals surface area (Å²) < 4.78 is 43.7. The van der Waals surface area contributed by atoms with E-state index in [9.17, 15) is 13.2 Å². The molecule has 2 N–H and O–H groups in total. The molecule has 1 unspecified atom stereocenters. The van der Waals surface area contributed by atoms with Gasteiger partial charge in [0, 0.05) is 6.54 Å². The molecule has 1 atom stereocenters. The summed E-state index contributed by atoms with van der Waals surface area (Å²) in [6.07, 6.45) is -3.57. The van der Waals surface area contributed by atoms with Gasteiger partial charge in [0.25, 0.3) is 0 Å². The minimum absolute atomic E-state index is 0.0395. The van der Waals surface area contributed by atoms with Gasteiger partial charge in [0.2, 0.25) is 0 Å². The molecule has 5 heteroatoms. The zero-order valence-electron chi connectivity index (χ0n) is 11.4. The maximum absolute atomic E-state index is 12.7. The lowest BCUT2D eigenvalue weighted by atomic mass is 10.1. The van der Waals surface area contributed by atoms with Crippen molar-refractivity contribution in [1.82, 2.24) is 0 Å². The summed E-state index contributed by atoms with van der Waals surface area (Å²) >= 11 is 0. The van der Waals surface area contributed by atoms with Crippen LogP contribution in [0.2, 0.25) is 0 Å². The topological polar surface area (TPSA) is 35.2 Å². The van der Waals surface area contributed by atoms with Crippen molar-refractivity contribution in [2.75, 3.05) is 0 Å². The highest BCUT2D eigenvalue weighted by Crippen LogP contribution is 2.34. The summed E-state index contributed by atoms with van der Waals surface area (Å²) in [5.74, 6) is 0.903. The molecule has 0 aliphatic rings. The van der Waals surface area contributed by atoms with Gasteiger partial charge in [-0.3, -0.25) is 0 Å². The molecule has 2 nitrogen and oxygen atoms in total. The molecule has 108 valence electrons. The van der Waals surface area contributed by atoms with Crippen LogP contribution in [0, 0.1) is 5.92 Å². The van der Waals surface area contributed by atoms with E-state index in [1.165, 1.54) is 12.1 Å². The fourth-order valence-corrected chi connectivity index (χ4v) is 2.03. The zero-order chi connectivity index (χ0) is 14.6. The van der Waals surface area contributed by atoms with Crippen LogP contribution in [0.1, 0.15) is 38.3 Å². The van der Waals surface area contributed by atoms with Crippen molar-refractivity contribution >= 4 is 0 Å². The molecule has 1 aromatic carbocycles. The maximum atomic E-state index is 12.7. The van der Waals surface area contributed by atoms with Crippen molar-refractivity contribution in [3.8, 4) is 5.75 Å². The van der Waals surface area contributed by atoms with Crippen LogP contribution in [0.15, 0.2) is 18.2 Å². The van der Waals surface area contributed by atoms with Crippen LogP contribution in [0.3, 0.4) is 0 Å². The van der Waals surface area contributed by atoms with E-state index in [1.54, 1.807) is 0 Å². The van der Waals surface area contributed by atoms with Crippen LogP contribution >= 0.6 is 0 Å². The summed E-state index contributed by atoms with van der Waals surface area (Å²) in [5.41, 5.74) is 4.73. The van der Waals surface area contributed by atoms with E-state index in [4.69, 9.17) is 10.5 Å². The minimum Gasteiger partial charge on any atom is -0.491 e. The van der Waals surface area contributed by atoms with E-state index in [0.29, 0.717) is 11.7 Å². The second kappa shape index (κ2) is 6.28. The van der Waals surface area contributed by atoms with Crippen molar-refractivity contribution in [3.05, 3.63) is 29.3 Å². The van der Waals surface area contributed by atoms with Gasteiger partial charge in [-0.25, -0.2) is 0 Å². The fraction of sp³-hybridized carbons (Fsp3) is 0.571. The van der Waals surface area contributed by atoms with Gasteiger partial charge in [0.15, 0.2) is 0 Å². The van der Waals surface area contributed by atoms with Crippen LogP contribution in [0.4, 0.5) is 13.2 Å². The van der Waals surface area contributed by atoms with E-state index in [-0.39, 0.29) is 18.2 Å². The number of ether oxygens (including phenoxy) is 1. The standard InChI is InChI=1S/C14H20F3NO/c1-9(2)6-10(3)19-12-4-5-13(14(15,16)17)11(7-12)8-18/h4-5,7,9-10H,6,8,18H2,1-3H3. The van der Waals surface area contributed by atoms with E-state index < -0.39 is 11.7 Å². The maximum Gasteiger partial charge on any atom is 0.416 e. The lowest BCUT2D eigenvalue weighted by molar-refractivity contribution is -0.138. The Morgan fingerprint density at radius 2 is 1.84 bits per heavy atom. The predicted octanol–water partition coefficient (Wildman–Crippen LogP) is 3.98.